The predicted octanol–water partition coefficient (Wildman–Crippen LogP) is 2.88. The molecular formula is C21H17FN2O2. The Hall–Kier alpha value is -3.26. The summed E-state index contributed by atoms with van der Waals surface area (Å²) >= 11 is 0. The molecule has 0 aromatic heterocycles. The van der Waals surface area contributed by atoms with Crippen LogP contribution in [0.15, 0.2) is 54.6 Å². The van der Waals surface area contributed by atoms with Crippen molar-refractivity contribution in [3.8, 4) is 6.07 Å². The molecule has 0 spiro atoms. The number of rotatable bonds is 5. The summed E-state index contributed by atoms with van der Waals surface area (Å²) in [6.07, 6.45) is 3.22. The molecule has 4 nitrogen and oxygen atoms in total. The van der Waals surface area contributed by atoms with Gasteiger partial charge in [-0.25, -0.2) is 4.39 Å². The van der Waals surface area contributed by atoms with Gasteiger partial charge in [-0.1, -0.05) is 36.4 Å². The maximum Gasteiger partial charge on any atom is 0.231 e. The van der Waals surface area contributed by atoms with E-state index in [1.54, 1.807) is 0 Å². The zero-order valence-corrected chi connectivity index (χ0v) is 14.0. The highest BCUT2D eigenvalue weighted by Crippen LogP contribution is 2.24. The molecular weight excluding hydrogens is 331 g/mol. The molecule has 1 saturated heterocycles. The van der Waals surface area contributed by atoms with E-state index >= 15 is 0 Å². The predicted molar refractivity (Wildman–Crippen MR) is 95.3 cm³/mol. The second kappa shape index (κ2) is 7.75. The molecule has 0 bridgehead atoms. The van der Waals surface area contributed by atoms with E-state index in [9.17, 15) is 14.0 Å². The van der Waals surface area contributed by atoms with E-state index in [0.717, 1.165) is 11.6 Å². The summed E-state index contributed by atoms with van der Waals surface area (Å²) in [7, 11) is 0. The third kappa shape index (κ3) is 3.86. The van der Waals surface area contributed by atoms with Crippen LogP contribution in [0.25, 0.3) is 6.08 Å². The summed E-state index contributed by atoms with van der Waals surface area (Å²) in [5.41, 5.74) is 1.48. The first-order valence-electron chi connectivity index (χ1n) is 8.31. The van der Waals surface area contributed by atoms with Crippen LogP contribution in [-0.4, -0.2) is 18.2 Å². The first-order valence-corrected chi connectivity index (χ1v) is 8.31. The lowest BCUT2D eigenvalue weighted by Gasteiger charge is -2.14. The Kier molecular flexibility index (Phi) is 5.23. The van der Waals surface area contributed by atoms with Crippen LogP contribution in [0.2, 0.25) is 0 Å². The van der Waals surface area contributed by atoms with Gasteiger partial charge in [0, 0.05) is 12.1 Å². The molecule has 2 aromatic carbocycles. The molecule has 26 heavy (non-hydrogen) atoms. The molecule has 0 saturated carbocycles. The molecule has 0 radical (unpaired) electrons. The third-order valence-electron chi connectivity index (χ3n) is 4.50. The molecule has 3 rings (SSSR count). The zero-order chi connectivity index (χ0) is 18.5. The van der Waals surface area contributed by atoms with Crippen LogP contribution < -0.4 is 5.32 Å². The van der Waals surface area contributed by atoms with Crippen molar-refractivity contribution in [2.75, 3.05) is 6.54 Å². The van der Waals surface area contributed by atoms with E-state index in [1.165, 1.54) is 24.3 Å². The van der Waals surface area contributed by atoms with Crippen LogP contribution in [-0.2, 0) is 16.0 Å². The van der Waals surface area contributed by atoms with Gasteiger partial charge in [-0.05, 0) is 42.2 Å². The number of hydrogen-bond acceptors (Lipinski definition) is 3. The second-order valence-electron chi connectivity index (χ2n) is 6.26. The smallest absolute Gasteiger partial charge is 0.231 e. The third-order valence-corrected chi connectivity index (χ3v) is 4.50. The van der Waals surface area contributed by atoms with E-state index in [4.69, 9.17) is 5.26 Å². The average Bonchev–Trinajstić information content (AvgIpc) is 3.01. The maximum atomic E-state index is 13.9. The SMILES string of the molecule is N#Cc1ccc(/C=C/C(=O)[C@H]2C(=O)NC[C@H]2Cc2ccccc2)c(F)c1. The molecule has 2 atom stereocenters. The number of nitrogens with one attached hydrogen (secondary N) is 1. The first-order chi connectivity index (χ1) is 12.6. The molecule has 0 aliphatic carbocycles. The number of amides is 1. The van der Waals surface area contributed by atoms with Gasteiger partial charge < -0.3 is 5.32 Å². The van der Waals surface area contributed by atoms with E-state index in [1.807, 2.05) is 36.4 Å². The van der Waals surface area contributed by atoms with Crippen LogP contribution in [0.5, 0.6) is 0 Å². The molecule has 1 aliphatic rings. The monoisotopic (exact) mass is 348 g/mol. The van der Waals surface area contributed by atoms with Crippen molar-refractivity contribution in [1.82, 2.24) is 5.32 Å². The normalized spacial score (nSPS) is 19.3. The molecule has 1 heterocycles. The van der Waals surface area contributed by atoms with Gasteiger partial charge in [0.25, 0.3) is 0 Å². The number of hydrogen-bond donors (Lipinski definition) is 1. The number of nitriles is 1. The molecule has 1 amide bonds. The van der Waals surface area contributed by atoms with E-state index in [2.05, 4.69) is 5.32 Å². The zero-order valence-electron chi connectivity index (χ0n) is 14.0. The largest absolute Gasteiger partial charge is 0.355 e. The highest BCUT2D eigenvalue weighted by Gasteiger charge is 2.38. The van der Waals surface area contributed by atoms with Crippen molar-refractivity contribution in [3.05, 3.63) is 77.1 Å². The minimum Gasteiger partial charge on any atom is -0.355 e. The number of nitrogens with zero attached hydrogens (tertiary/aromatic N) is 1. The molecule has 1 fully saturated rings. The number of carbonyl (C=O) groups is 2. The van der Waals surface area contributed by atoms with Gasteiger partial charge in [-0.15, -0.1) is 0 Å². The minimum absolute atomic E-state index is 0.132. The Morgan fingerprint density at radius 3 is 2.73 bits per heavy atom. The van der Waals surface area contributed by atoms with Crippen LogP contribution >= 0.6 is 0 Å². The van der Waals surface area contributed by atoms with Gasteiger partial charge in [0.2, 0.25) is 5.91 Å². The fraction of sp³-hybridized carbons (Fsp3) is 0.190. The van der Waals surface area contributed by atoms with Gasteiger partial charge in [0.05, 0.1) is 11.6 Å². The summed E-state index contributed by atoms with van der Waals surface area (Å²) in [5.74, 6) is -2.11. The van der Waals surface area contributed by atoms with E-state index < -0.39 is 11.7 Å². The Morgan fingerprint density at radius 2 is 2.04 bits per heavy atom. The molecule has 2 aromatic rings. The lowest BCUT2D eigenvalue weighted by molar-refractivity contribution is -0.130. The molecule has 0 unspecified atom stereocenters. The van der Waals surface area contributed by atoms with E-state index in [0.29, 0.717) is 13.0 Å². The maximum absolute atomic E-state index is 13.9. The topological polar surface area (TPSA) is 70.0 Å². The van der Waals surface area contributed by atoms with E-state index in [-0.39, 0.29) is 28.7 Å². The molecule has 130 valence electrons. The Morgan fingerprint density at radius 1 is 1.27 bits per heavy atom. The van der Waals surface area contributed by atoms with Gasteiger partial charge >= 0.3 is 0 Å². The summed E-state index contributed by atoms with van der Waals surface area (Å²) < 4.78 is 13.9. The van der Waals surface area contributed by atoms with Crippen molar-refractivity contribution in [2.45, 2.75) is 6.42 Å². The number of carbonyl (C=O) groups excluding carboxylic acids is 2. The molecule has 1 aliphatic heterocycles. The molecule has 1 N–H and O–H groups in total. The standard InChI is InChI=1S/C21H17FN2O2/c22-18-11-15(12-23)6-7-16(18)8-9-19(25)20-17(13-24-21(20)26)10-14-4-2-1-3-5-14/h1-9,11,17,20H,10,13H2,(H,24,26)/b9-8+/t17-,20+/m1/s1. The minimum atomic E-state index is -0.770. The Balaban J connectivity index is 1.74. The van der Waals surface area contributed by atoms with Gasteiger partial charge in [0.1, 0.15) is 11.7 Å². The van der Waals surface area contributed by atoms with Crippen molar-refractivity contribution >= 4 is 17.8 Å². The number of allylic oxidation sites excluding steroid dienone is 1. The molecule has 5 heteroatoms. The highest BCUT2D eigenvalue weighted by atomic mass is 19.1. The van der Waals surface area contributed by atoms with Crippen molar-refractivity contribution < 1.29 is 14.0 Å². The summed E-state index contributed by atoms with van der Waals surface area (Å²) in [6.45, 7) is 0.448. The van der Waals surface area contributed by atoms with Gasteiger partial charge in [-0.3, -0.25) is 9.59 Å². The number of ketones is 1. The lowest BCUT2D eigenvalue weighted by Crippen LogP contribution is -2.27. The highest BCUT2D eigenvalue weighted by molar-refractivity contribution is 6.09. The Bertz CT molecular complexity index is 900. The van der Waals surface area contributed by atoms with Crippen LogP contribution in [0.1, 0.15) is 16.7 Å². The van der Waals surface area contributed by atoms with Crippen molar-refractivity contribution in [3.63, 3.8) is 0 Å². The summed E-state index contributed by atoms with van der Waals surface area (Å²) in [6, 6.07) is 15.6. The van der Waals surface area contributed by atoms with Gasteiger partial charge in [0.15, 0.2) is 5.78 Å². The van der Waals surface area contributed by atoms with Crippen LogP contribution in [0.3, 0.4) is 0 Å². The Labute approximate surface area is 151 Å². The fourth-order valence-electron chi connectivity index (χ4n) is 3.15. The van der Waals surface area contributed by atoms with Crippen molar-refractivity contribution in [1.29, 1.82) is 5.26 Å². The van der Waals surface area contributed by atoms with Crippen molar-refractivity contribution in [2.24, 2.45) is 11.8 Å². The lowest BCUT2D eigenvalue weighted by atomic mass is 9.86. The van der Waals surface area contributed by atoms with Crippen LogP contribution in [0, 0.1) is 29.0 Å². The summed E-state index contributed by atoms with van der Waals surface area (Å²) in [4.78, 5) is 24.6. The first kappa shape index (κ1) is 17.6. The number of benzene rings is 2. The fourth-order valence-corrected chi connectivity index (χ4v) is 3.15. The second-order valence-corrected chi connectivity index (χ2v) is 6.26. The van der Waals surface area contributed by atoms with Gasteiger partial charge in [-0.2, -0.15) is 5.26 Å². The van der Waals surface area contributed by atoms with Crippen LogP contribution in [0.4, 0.5) is 4.39 Å². The number of halogens is 1. The summed E-state index contributed by atoms with van der Waals surface area (Å²) in [5, 5.41) is 11.5. The quantitative estimate of drug-likeness (QED) is 0.667. The average molecular weight is 348 g/mol.